The van der Waals surface area contributed by atoms with E-state index in [9.17, 15) is 14.4 Å². The van der Waals surface area contributed by atoms with Gasteiger partial charge in [0.1, 0.15) is 23.0 Å². The molecule has 0 atom stereocenters. The predicted molar refractivity (Wildman–Crippen MR) is 223 cm³/mol. The summed E-state index contributed by atoms with van der Waals surface area (Å²) in [4.78, 5) is 57.0. The van der Waals surface area contributed by atoms with E-state index in [1.165, 1.54) is 0 Å². The van der Waals surface area contributed by atoms with Crippen molar-refractivity contribution in [3.8, 4) is 16.9 Å². The summed E-state index contributed by atoms with van der Waals surface area (Å²) in [6, 6.07) is 17.9. The minimum atomic E-state index is -0.291. The monoisotopic (exact) mass is 807 g/mol. The smallest absolute Gasteiger partial charge is 0.225 e. The van der Waals surface area contributed by atoms with Crippen LogP contribution in [0, 0.1) is 12.7 Å². The number of rotatable bonds is 18. The number of halogens is 1. The van der Waals surface area contributed by atoms with Crippen LogP contribution in [0.2, 0.25) is 0 Å². The molecule has 15 nitrogen and oxygen atoms in total. The molecule has 59 heavy (non-hydrogen) atoms. The van der Waals surface area contributed by atoms with E-state index < -0.39 is 0 Å². The fraction of sp³-hybridized carbons (Fsp3) is 0.395. The van der Waals surface area contributed by atoms with Gasteiger partial charge in [0.25, 0.3) is 0 Å². The van der Waals surface area contributed by atoms with E-state index >= 15 is 4.39 Å². The number of nitrogens with zero attached hydrogens (tertiary/aromatic N) is 8. The van der Waals surface area contributed by atoms with Crippen LogP contribution in [0.25, 0.3) is 28.1 Å². The molecule has 5 aromatic rings. The van der Waals surface area contributed by atoms with Gasteiger partial charge < -0.3 is 34.6 Å². The maximum Gasteiger partial charge on any atom is 0.225 e. The molecule has 2 N–H and O–H groups in total. The quantitative estimate of drug-likeness (QED) is 0.0999. The molecule has 0 aliphatic carbocycles. The van der Waals surface area contributed by atoms with Gasteiger partial charge in [-0.1, -0.05) is 0 Å². The Morgan fingerprint density at radius 1 is 0.746 bits per heavy atom. The Bertz CT molecular complexity index is 2240. The molecular weight excluding hydrogens is 758 g/mol. The average molecular weight is 808 g/mol. The molecule has 310 valence electrons. The maximum atomic E-state index is 15.7. The summed E-state index contributed by atoms with van der Waals surface area (Å²) >= 11 is 0. The van der Waals surface area contributed by atoms with Gasteiger partial charge in [0.05, 0.1) is 63.1 Å². The fourth-order valence-electron chi connectivity index (χ4n) is 7.49. The zero-order chi connectivity index (χ0) is 41.1. The van der Waals surface area contributed by atoms with E-state index in [-0.39, 0.29) is 11.7 Å². The number of pyridine rings is 2. The van der Waals surface area contributed by atoms with Gasteiger partial charge in [-0.3, -0.25) is 23.9 Å². The Balaban J connectivity index is 0.743. The van der Waals surface area contributed by atoms with E-state index in [0.29, 0.717) is 138 Å². The van der Waals surface area contributed by atoms with Crippen molar-refractivity contribution in [2.24, 2.45) is 0 Å². The number of carbonyl (C=O) groups is 3. The first-order valence-electron chi connectivity index (χ1n) is 20.0. The van der Waals surface area contributed by atoms with Gasteiger partial charge >= 0.3 is 0 Å². The van der Waals surface area contributed by atoms with Gasteiger partial charge in [0.15, 0.2) is 18.2 Å². The van der Waals surface area contributed by atoms with E-state index in [2.05, 4.69) is 24.7 Å². The molecule has 3 aromatic heterocycles. The number of imidazole rings is 1. The van der Waals surface area contributed by atoms with E-state index in [0.717, 1.165) is 42.1 Å². The summed E-state index contributed by atoms with van der Waals surface area (Å²) in [5, 5.41) is 0. The van der Waals surface area contributed by atoms with Gasteiger partial charge in [-0.25, -0.2) is 19.3 Å². The second-order valence-electron chi connectivity index (χ2n) is 14.5. The summed E-state index contributed by atoms with van der Waals surface area (Å²) in [5.74, 6) is 0.879. The lowest BCUT2D eigenvalue weighted by molar-refractivity contribution is -0.132. The molecule has 7 rings (SSSR count). The molecule has 0 saturated carbocycles. The van der Waals surface area contributed by atoms with Crippen LogP contribution in [-0.4, -0.2) is 146 Å². The molecular formula is C43H50FN9O6. The number of fused-ring (bicyclic) bond motifs is 1. The summed E-state index contributed by atoms with van der Waals surface area (Å²) in [5.41, 5.74) is 11.7. The summed E-state index contributed by atoms with van der Waals surface area (Å²) in [6.45, 7) is 10.8. The van der Waals surface area contributed by atoms with Crippen molar-refractivity contribution in [3.05, 3.63) is 89.6 Å². The normalized spacial score (nSPS) is 14.9. The number of amides is 1. The van der Waals surface area contributed by atoms with Crippen molar-refractivity contribution in [3.63, 3.8) is 0 Å². The summed E-state index contributed by atoms with van der Waals surface area (Å²) in [6.07, 6.45) is 3.31. The van der Waals surface area contributed by atoms with Crippen LogP contribution in [0.3, 0.4) is 0 Å². The number of hydrogen-bond donors (Lipinski definition) is 1. The Hall–Kier alpha value is -5.81. The molecule has 1 amide bonds. The summed E-state index contributed by atoms with van der Waals surface area (Å²) in [7, 11) is 0. The van der Waals surface area contributed by atoms with Gasteiger partial charge in [0.2, 0.25) is 5.91 Å². The molecule has 2 aliphatic rings. The zero-order valence-electron chi connectivity index (χ0n) is 33.3. The number of anilines is 3. The number of carbonyl (C=O) groups excluding carboxylic acids is 3. The molecule has 5 heterocycles. The van der Waals surface area contributed by atoms with Crippen LogP contribution in [0.5, 0.6) is 0 Å². The summed E-state index contributed by atoms with van der Waals surface area (Å²) < 4.78 is 34.6. The highest BCUT2D eigenvalue weighted by molar-refractivity contribution is 5.91. The predicted octanol–water partition coefficient (Wildman–Crippen LogP) is 4.05. The minimum Gasteiger partial charge on any atom is -0.384 e. The SMILES string of the molecule is Cc1nc2ccc(-c3ccnc(N)c3)nc2n1-c1ccc(N2CCN(CCOCCOCCOCCC(=O)N3CCN(c4ccc(C=O)c(C=O)c4)CC3)CC2)c(F)c1. The van der Waals surface area contributed by atoms with Crippen LogP contribution in [0.4, 0.5) is 21.6 Å². The van der Waals surface area contributed by atoms with Crippen molar-refractivity contribution < 1.29 is 33.0 Å². The van der Waals surface area contributed by atoms with Crippen LogP contribution in [0.1, 0.15) is 33.0 Å². The molecule has 2 fully saturated rings. The minimum absolute atomic E-state index is 0.0450. The van der Waals surface area contributed by atoms with Crippen molar-refractivity contribution in [1.82, 2.24) is 29.3 Å². The number of ether oxygens (including phenoxy) is 3. The van der Waals surface area contributed by atoms with Crippen LogP contribution >= 0.6 is 0 Å². The van der Waals surface area contributed by atoms with E-state index in [1.807, 2.05) is 52.8 Å². The van der Waals surface area contributed by atoms with Gasteiger partial charge in [-0.2, -0.15) is 0 Å². The number of hydrogen-bond acceptors (Lipinski definition) is 13. The highest BCUT2D eigenvalue weighted by Crippen LogP contribution is 2.28. The number of piperazine rings is 2. The standard InChI is InChI=1S/C43H50FN9O6/c1-31-47-39-6-5-38(32-8-10-46-41(45)27-32)48-43(39)53(31)36-4-7-40(37(44)28-36)51-13-11-49(12-14-51)19-21-58-23-25-59-24-22-57-20-9-42(56)52-17-15-50(16-18-52)35-3-2-33(29-54)34(26-35)30-55/h2-8,10,26-30H,9,11-25H2,1H3,(H2,45,46). The van der Waals surface area contributed by atoms with Crippen molar-refractivity contribution in [2.75, 3.05) is 114 Å². The van der Waals surface area contributed by atoms with Crippen LogP contribution in [-0.2, 0) is 19.0 Å². The lowest BCUT2D eigenvalue weighted by Gasteiger charge is -2.36. The maximum absolute atomic E-state index is 15.7. The molecule has 0 radical (unpaired) electrons. The third-order valence-electron chi connectivity index (χ3n) is 10.7. The van der Waals surface area contributed by atoms with E-state index in [4.69, 9.17) is 24.9 Å². The fourth-order valence-corrected chi connectivity index (χ4v) is 7.49. The average Bonchev–Trinajstić information content (AvgIpc) is 3.60. The number of nitrogen functional groups attached to an aromatic ring is 1. The number of benzene rings is 2. The Morgan fingerprint density at radius 3 is 2.15 bits per heavy atom. The third kappa shape index (κ3) is 10.3. The molecule has 2 aliphatic heterocycles. The Labute approximate surface area is 342 Å². The third-order valence-corrected chi connectivity index (χ3v) is 10.7. The molecule has 2 aromatic carbocycles. The van der Waals surface area contributed by atoms with Crippen LogP contribution in [0.15, 0.2) is 66.9 Å². The largest absolute Gasteiger partial charge is 0.384 e. The lowest BCUT2D eigenvalue weighted by Crippen LogP contribution is -2.49. The number of aldehydes is 2. The lowest BCUT2D eigenvalue weighted by atomic mass is 10.1. The van der Waals surface area contributed by atoms with E-state index in [1.54, 1.807) is 30.5 Å². The highest BCUT2D eigenvalue weighted by Gasteiger charge is 2.23. The Kier molecular flexibility index (Phi) is 13.9. The molecule has 16 heteroatoms. The highest BCUT2D eigenvalue weighted by atomic mass is 19.1. The topological polar surface area (TPSA) is 161 Å². The van der Waals surface area contributed by atoms with Gasteiger partial charge in [-0.05, 0) is 61.5 Å². The molecule has 0 spiro atoms. The van der Waals surface area contributed by atoms with Crippen LogP contribution < -0.4 is 15.5 Å². The molecule has 0 bridgehead atoms. The second-order valence-corrected chi connectivity index (χ2v) is 14.5. The number of aromatic nitrogens is 4. The number of nitrogens with two attached hydrogens (primary N) is 1. The van der Waals surface area contributed by atoms with Crippen molar-refractivity contribution >= 4 is 46.8 Å². The van der Waals surface area contributed by atoms with Crippen molar-refractivity contribution in [2.45, 2.75) is 13.3 Å². The van der Waals surface area contributed by atoms with Crippen molar-refractivity contribution in [1.29, 1.82) is 0 Å². The Morgan fingerprint density at radius 2 is 1.44 bits per heavy atom. The first-order chi connectivity index (χ1) is 28.8. The first-order valence-corrected chi connectivity index (χ1v) is 20.0. The first kappa shape index (κ1) is 41.4. The zero-order valence-corrected chi connectivity index (χ0v) is 33.3. The second kappa shape index (κ2) is 19.8. The van der Waals surface area contributed by atoms with Gasteiger partial charge in [-0.15, -0.1) is 0 Å². The van der Waals surface area contributed by atoms with Gasteiger partial charge in [0, 0.05) is 93.5 Å². The molecule has 0 unspecified atom stereocenters. The molecule has 2 saturated heterocycles. The number of aryl methyl sites for hydroxylation is 1.